The van der Waals surface area contributed by atoms with Crippen molar-refractivity contribution in [2.45, 2.75) is 13.0 Å². The zero-order valence-electron chi connectivity index (χ0n) is 11.0. The lowest BCUT2D eigenvalue weighted by Gasteiger charge is -2.21. The number of aryl methyl sites for hydroxylation is 1. The van der Waals surface area contributed by atoms with Crippen LogP contribution in [-0.4, -0.2) is 7.05 Å². The van der Waals surface area contributed by atoms with Crippen LogP contribution in [0.2, 0.25) is 0 Å². The molecule has 0 aromatic heterocycles. The van der Waals surface area contributed by atoms with Crippen LogP contribution in [0.1, 0.15) is 22.7 Å². The van der Waals surface area contributed by atoms with Crippen molar-refractivity contribution in [1.82, 2.24) is 5.32 Å². The topological polar surface area (TPSA) is 12.0 Å². The molecule has 0 aliphatic carbocycles. The number of benzene rings is 2. The van der Waals surface area contributed by atoms with Crippen LogP contribution >= 0.6 is 22.6 Å². The van der Waals surface area contributed by atoms with E-state index in [0.717, 1.165) is 14.7 Å². The number of halogens is 4. The number of rotatable bonds is 3. The van der Waals surface area contributed by atoms with Gasteiger partial charge in [-0.05, 0) is 47.7 Å². The van der Waals surface area contributed by atoms with E-state index in [1.54, 1.807) is 13.1 Å². The van der Waals surface area contributed by atoms with Crippen LogP contribution in [0.15, 0.2) is 30.3 Å². The second-order valence-electron chi connectivity index (χ2n) is 4.48. The summed E-state index contributed by atoms with van der Waals surface area (Å²) in [5.74, 6) is -2.70. The zero-order valence-corrected chi connectivity index (χ0v) is 13.1. The Balaban J connectivity index is 2.62. The summed E-state index contributed by atoms with van der Waals surface area (Å²) in [7, 11) is 1.62. The fourth-order valence-electron chi connectivity index (χ4n) is 2.18. The van der Waals surface area contributed by atoms with Crippen LogP contribution in [0.4, 0.5) is 13.2 Å². The van der Waals surface area contributed by atoms with Crippen molar-refractivity contribution in [3.05, 3.63) is 68.0 Å². The van der Waals surface area contributed by atoms with E-state index >= 15 is 0 Å². The van der Waals surface area contributed by atoms with Crippen LogP contribution in [0, 0.1) is 27.9 Å². The van der Waals surface area contributed by atoms with Gasteiger partial charge in [0.05, 0.1) is 6.04 Å². The molecule has 0 bridgehead atoms. The van der Waals surface area contributed by atoms with Gasteiger partial charge in [0.2, 0.25) is 0 Å². The SMILES string of the molecule is CNC(c1cccc(C)c1I)c1c(F)cc(F)cc1F. The summed E-state index contributed by atoms with van der Waals surface area (Å²) in [5.41, 5.74) is 1.61. The van der Waals surface area contributed by atoms with Gasteiger partial charge in [-0.1, -0.05) is 18.2 Å². The third kappa shape index (κ3) is 2.83. The Labute approximate surface area is 129 Å². The van der Waals surface area contributed by atoms with E-state index in [1.165, 1.54) is 0 Å². The van der Waals surface area contributed by atoms with Crippen molar-refractivity contribution in [3.8, 4) is 0 Å². The van der Waals surface area contributed by atoms with Crippen molar-refractivity contribution < 1.29 is 13.2 Å². The Bertz CT molecular complexity index is 620. The highest BCUT2D eigenvalue weighted by atomic mass is 127. The average Bonchev–Trinajstić information content (AvgIpc) is 2.37. The highest BCUT2D eigenvalue weighted by Crippen LogP contribution is 2.31. The lowest BCUT2D eigenvalue weighted by atomic mass is 9.96. The molecule has 1 atom stereocenters. The first-order valence-electron chi connectivity index (χ1n) is 6.02. The minimum absolute atomic E-state index is 0.169. The van der Waals surface area contributed by atoms with Crippen LogP contribution in [0.3, 0.4) is 0 Å². The third-order valence-electron chi connectivity index (χ3n) is 3.15. The molecule has 0 spiro atoms. The molecule has 0 amide bonds. The van der Waals surface area contributed by atoms with Gasteiger partial charge >= 0.3 is 0 Å². The summed E-state index contributed by atoms with van der Waals surface area (Å²) in [5, 5.41) is 2.90. The van der Waals surface area contributed by atoms with Crippen molar-refractivity contribution in [2.75, 3.05) is 7.05 Å². The minimum atomic E-state index is -0.919. The Hall–Kier alpha value is -1.08. The first-order chi connectivity index (χ1) is 9.45. The zero-order chi connectivity index (χ0) is 14.9. The van der Waals surface area contributed by atoms with Gasteiger partial charge in [-0.3, -0.25) is 0 Å². The van der Waals surface area contributed by atoms with E-state index in [4.69, 9.17) is 0 Å². The second-order valence-corrected chi connectivity index (χ2v) is 5.56. The molecular weight excluding hydrogens is 378 g/mol. The molecule has 2 rings (SSSR count). The van der Waals surface area contributed by atoms with Crippen molar-refractivity contribution >= 4 is 22.6 Å². The maximum atomic E-state index is 13.9. The minimum Gasteiger partial charge on any atom is -0.309 e. The highest BCUT2D eigenvalue weighted by molar-refractivity contribution is 14.1. The van der Waals surface area contributed by atoms with Gasteiger partial charge in [-0.2, -0.15) is 0 Å². The van der Waals surface area contributed by atoms with Crippen molar-refractivity contribution in [2.24, 2.45) is 0 Å². The van der Waals surface area contributed by atoms with Gasteiger partial charge < -0.3 is 5.32 Å². The molecule has 0 aliphatic rings. The molecule has 5 heteroatoms. The average molecular weight is 391 g/mol. The number of nitrogens with one attached hydrogen (secondary N) is 1. The van der Waals surface area contributed by atoms with E-state index < -0.39 is 23.5 Å². The lowest BCUT2D eigenvalue weighted by molar-refractivity contribution is 0.499. The summed E-state index contributed by atoms with van der Waals surface area (Å²) >= 11 is 2.14. The molecule has 1 unspecified atom stereocenters. The standard InChI is InChI=1S/C15H13F3IN/c1-8-4-3-5-10(14(8)19)15(20-2)13-11(17)6-9(16)7-12(13)18/h3-7,15,20H,1-2H3. The molecule has 0 saturated heterocycles. The maximum absolute atomic E-state index is 13.9. The molecule has 2 aromatic carbocycles. The Morgan fingerprint density at radius 3 is 2.25 bits per heavy atom. The van der Waals surface area contributed by atoms with Crippen molar-refractivity contribution in [1.29, 1.82) is 0 Å². The number of hydrogen-bond acceptors (Lipinski definition) is 1. The molecule has 0 radical (unpaired) electrons. The lowest BCUT2D eigenvalue weighted by Crippen LogP contribution is -2.22. The van der Waals surface area contributed by atoms with E-state index in [1.807, 2.05) is 19.1 Å². The molecule has 1 N–H and O–H groups in total. The molecule has 1 nitrogen and oxygen atoms in total. The van der Waals surface area contributed by atoms with Gasteiger partial charge in [0, 0.05) is 21.3 Å². The molecule has 20 heavy (non-hydrogen) atoms. The molecule has 0 aliphatic heterocycles. The van der Waals surface area contributed by atoms with E-state index in [9.17, 15) is 13.2 Å². The van der Waals surface area contributed by atoms with Gasteiger partial charge in [0.15, 0.2) is 0 Å². The van der Waals surface area contributed by atoms with Crippen LogP contribution < -0.4 is 5.32 Å². The third-order valence-corrected chi connectivity index (χ3v) is 4.63. The molecule has 0 saturated carbocycles. The highest BCUT2D eigenvalue weighted by Gasteiger charge is 2.23. The Kier molecular flexibility index (Phi) is 4.70. The summed E-state index contributed by atoms with van der Waals surface area (Å²) in [6.45, 7) is 1.93. The van der Waals surface area contributed by atoms with Gasteiger partial charge in [-0.25, -0.2) is 13.2 Å². The Morgan fingerprint density at radius 2 is 1.70 bits per heavy atom. The Morgan fingerprint density at radius 1 is 1.10 bits per heavy atom. The largest absolute Gasteiger partial charge is 0.309 e. The van der Waals surface area contributed by atoms with Crippen LogP contribution in [0.5, 0.6) is 0 Å². The summed E-state index contributed by atoms with van der Waals surface area (Å²) in [4.78, 5) is 0. The molecule has 0 heterocycles. The van der Waals surface area contributed by atoms with Crippen LogP contribution in [0.25, 0.3) is 0 Å². The molecule has 106 valence electrons. The van der Waals surface area contributed by atoms with Gasteiger partial charge in [0.25, 0.3) is 0 Å². The van der Waals surface area contributed by atoms with E-state index in [0.29, 0.717) is 12.1 Å². The van der Waals surface area contributed by atoms with Gasteiger partial charge in [-0.15, -0.1) is 0 Å². The van der Waals surface area contributed by atoms with Crippen molar-refractivity contribution in [3.63, 3.8) is 0 Å². The quantitative estimate of drug-likeness (QED) is 0.769. The summed E-state index contributed by atoms with van der Waals surface area (Å²) in [6.07, 6.45) is 0. The monoisotopic (exact) mass is 391 g/mol. The first kappa shape index (κ1) is 15.3. The van der Waals surface area contributed by atoms with Gasteiger partial charge in [0.1, 0.15) is 17.5 Å². The van der Waals surface area contributed by atoms with E-state index in [-0.39, 0.29) is 5.56 Å². The molecular formula is C15H13F3IN. The maximum Gasteiger partial charge on any atom is 0.134 e. The predicted molar refractivity (Wildman–Crippen MR) is 81.1 cm³/mol. The van der Waals surface area contributed by atoms with Crippen LogP contribution in [-0.2, 0) is 0 Å². The molecule has 0 fully saturated rings. The first-order valence-corrected chi connectivity index (χ1v) is 7.10. The normalized spacial score (nSPS) is 12.5. The predicted octanol–water partition coefficient (Wildman–Crippen LogP) is 4.33. The second kappa shape index (κ2) is 6.13. The summed E-state index contributed by atoms with van der Waals surface area (Å²) < 4.78 is 41.8. The number of hydrogen-bond donors (Lipinski definition) is 1. The summed E-state index contributed by atoms with van der Waals surface area (Å²) in [6, 6.07) is 6.29. The molecule has 2 aromatic rings. The fourth-order valence-corrected chi connectivity index (χ4v) is 2.85. The fraction of sp³-hybridized carbons (Fsp3) is 0.200. The smallest absolute Gasteiger partial charge is 0.134 e. The van der Waals surface area contributed by atoms with E-state index in [2.05, 4.69) is 27.9 Å².